The molecule has 19 heavy (non-hydrogen) atoms. The maximum Gasteiger partial charge on any atom is 0.0398 e. The van der Waals surface area contributed by atoms with Gasteiger partial charge in [-0.1, -0.05) is 88.7 Å². The standard InChI is InChI=1S/C18H29Br/c1-13(17(2,3)4)12-16(19)14-8-10-15(11-9-14)18(5,6)7/h8-11,13,16H,12H2,1-7H3. The minimum atomic E-state index is 0.235. The van der Waals surface area contributed by atoms with Gasteiger partial charge < -0.3 is 0 Å². The summed E-state index contributed by atoms with van der Waals surface area (Å²) in [6.07, 6.45) is 1.18. The molecule has 1 heteroatoms. The molecular formula is C18H29Br. The average molecular weight is 325 g/mol. The van der Waals surface area contributed by atoms with Crippen LogP contribution in [0.1, 0.15) is 70.8 Å². The molecule has 0 amide bonds. The van der Waals surface area contributed by atoms with E-state index in [0.717, 1.165) is 0 Å². The second-order valence-corrected chi connectivity index (χ2v) is 8.95. The van der Waals surface area contributed by atoms with Gasteiger partial charge in [-0.25, -0.2) is 0 Å². The quantitative estimate of drug-likeness (QED) is 0.557. The molecule has 0 aromatic heterocycles. The summed E-state index contributed by atoms with van der Waals surface area (Å²) in [5.41, 5.74) is 3.40. The number of halogens is 1. The smallest absolute Gasteiger partial charge is 0.0398 e. The van der Waals surface area contributed by atoms with Gasteiger partial charge in [-0.05, 0) is 34.3 Å². The molecule has 0 aliphatic heterocycles. The van der Waals surface area contributed by atoms with Gasteiger partial charge in [-0.15, -0.1) is 0 Å². The highest BCUT2D eigenvalue weighted by molar-refractivity contribution is 9.09. The number of hydrogen-bond acceptors (Lipinski definition) is 0. The van der Waals surface area contributed by atoms with Crippen LogP contribution in [0.25, 0.3) is 0 Å². The molecule has 2 unspecified atom stereocenters. The summed E-state index contributed by atoms with van der Waals surface area (Å²) in [6, 6.07) is 9.08. The fourth-order valence-electron chi connectivity index (χ4n) is 1.99. The van der Waals surface area contributed by atoms with Gasteiger partial charge in [-0.2, -0.15) is 0 Å². The van der Waals surface area contributed by atoms with Crippen molar-refractivity contribution in [1.29, 1.82) is 0 Å². The molecule has 0 heterocycles. The van der Waals surface area contributed by atoms with Gasteiger partial charge in [0.1, 0.15) is 0 Å². The molecule has 0 spiro atoms. The number of alkyl halides is 1. The lowest BCUT2D eigenvalue weighted by Crippen LogP contribution is -2.18. The van der Waals surface area contributed by atoms with Crippen molar-refractivity contribution in [3.63, 3.8) is 0 Å². The molecule has 0 fully saturated rings. The lowest BCUT2D eigenvalue weighted by molar-refractivity contribution is 0.246. The summed E-state index contributed by atoms with van der Waals surface area (Å²) in [4.78, 5) is 0.454. The highest BCUT2D eigenvalue weighted by Crippen LogP contribution is 2.37. The highest BCUT2D eigenvalue weighted by Gasteiger charge is 2.23. The maximum atomic E-state index is 3.85. The Bertz CT molecular complexity index is 389. The summed E-state index contributed by atoms with van der Waals surface area (Å²) >= 11 is 3.85. The van der Waals surface area contributed by atoms with Crippen molar-refractivity contribution in [2.75, 3.05) is 0 Å². The van der Waals surface area contributed by atoms with Crippen LogP contribution in [0.3, 0.4) is 0 Å². The van der Waals surface area contributed by atoms with E-state index in [9.17, 15) is 0 Å². The topological polar surface area (TPSA) is 0 Å². The molecule has 0 saturated heterocycles. The van der Waals surface area contributed by atoms with E-state index in [0.29, 0.717) is 16.2 Å². The average Bonchev–Trinajstić information content (AvgIpc) is 2.26. The normalized spacial score (nSPS) is 16.2. The zero-order chi connectivity index (χ0) is 14.8. The van der Waals surface area contributed by atoms with Crippen LogP contribution in [0.15, 0.2) is 24.3 Å². The molecule has 108 valence electrons. The van der Waals surface area contributed by atoms with E-state index < -0.39 is 0 Å². The van der Waals surface area contributed by atoms with E-state index in [1.54, 1.807) is 0 Å². The van der Waals surface area contributed by atoms with E-state index in [1.807, 2.05) is 0 Å². The van der Waals surface area contributed by atoms with Crippen LogP contribution >= 0.6 is 15.9 Å². The zero-order valence-electron chi connectivity index (χ0n) is 13.5. The lowest BCUT2D eigenvalue weighted by Gasteiger charge is -2.29. The van der Waals surface area contributed by atoms with Gasteiger partial charge in [0.05, 0.1) is 0 Å². The number of rotatable bonds is 3. The first-order chi connectivity index (χ1) is 8.51. The van der Waals surface area contributed by atoms with Crippen LogP contribution in [0.4, 0.5) is 0 Å². The first-order valence-corrected chi connectivity index (χ1v) is 8.18. The predicted molar refractivity (Wildman–Crippen MR) is 90.0 cm³/mol. The first-order valence-electron chi connectivity index (χ1n) is 7.26. The van der Waals surface area contributed by atoms with Gasteiger partial charge in [-0.3, -0.25) is 0 Å². The van der Waals surface area contributed by atoms with E-state index >= 15 is 0 Å². The van der Waals surface area contributed by atoms with Crippen LogP contribution in [-0.2, 0) is 5.41 Å². The molecule has 0 aliphatic carbocycles. The third-order valence-corrected chi connectivity index (χ3v) is 5.08. The van der Waals surface area contributed by atoms with Crippen LogP contribution in [-0.4, -0.2) is 0 Å². The van der Waals surface area contributed by atoms with Crippen LogP contribution in [0, 0.1) is 11.3 Å². The summed E-state index contributed by atoms with van der Waals surface area (Å²) in [7, 11) is 0. The fraction of sp³-hybridized carbons (Fsp3) is 0.667. The predicted octanol–water partition coefficient (Wildman–Crippen LogP) is 6.49. The van der Waals surface area contributed by atoms with Crippen molar-refractivity contribution in [3.05, 3.63) is 35.4 Å². The fourth-order valence-corrected chi connectivity index (χ4v) is 2.86. The minimum Gasteiger partial charge on any atom is -0.0839 e. The third kappa shape index (κ3) is 4.95. The number of hydrogen-bond donors (Lipinski definition) is 0. The van der Waals surface area contributed by atoms with E-state index in [1.165, 1.54) is 17.5 Å². The SMILES string of the molecule is CC(CC(Br)c1ccc(C(C)(C)C)cc1)C(C)(C)C. The van der Waals surface area contributed by atoms with E-state index in [-0.39, 0.29) is 5.41 Å². The molecule has 0 nitrogen and oxygen atoms in total. The van der Waals surface area contributed by atoms with E-state index in [2.05, 4.69) is 88.7 Å². The second kappa shape index (κ2) is 5.99. The minimum absolute atomic E-state index is 0.235. The molecule has 0 saturated carbocycles. The summed E-state index contributed by atoms with van der Waals surface area (Å²) in [5.74, 6) is 0.694. The Kier molecular flexibility index (Phi) is 5.28. The molecule has 1 rings (SSSR count). The van der Waals surface area contributed by atoms with Gasteiger partial charge in [0.15, 0.2) is 0 Å². The molecule has 0 radical (unpaired) electrons. The Labute approximate surface area is 128 Å². The molecule has 0 N–H and O–H groups in total. The Morgan fingerprint density at radius 1 is 0.947 bits per heavy atom. The Hall–Kier alpha value is -0.300. The Morgan fingerprint density at radius 3 is 1.79 bits per heavy atom. The summed E-state index contributed by atoms with van der Waals surface area (Å²) in [5, 5.41) is 0. The van der Waals surface area contributed by atoms with Gasteiger partial charge in [0, 0.05) is 4.83 Å². The van der Waals surface area contributed by atoms with Crippen molar-refractivity contribution in [2.45, 2.75) is 65.1 Å². The summed E-state index contributed by atoms with van der Waals surface area (Å²) in [6.45, 7) is 16.1. The van der Waals surface area contributed by atoms with Crippen molar-refractivity contribution >= 4 is 15.9 Å². The monoisotopic (exact) mass is 324 g/mol. The maximum absolute atomic E-state index is 3.85. The third-order valence-electron chi connectivity index (χ3n) is 4.18. The first kappa shape index (κ1) is 16.8. The van der Waals surface area contributed by atoms with Crippen molar-refractivity contribution in [1.82, 2.24) is 0 Å². The molecule has 0 aliphatic rings. The van der Waals surface area contributed by atoms with E-state index in [4.69, 9.17) is 0 Å². The molecule has 1 aromatic rings. The van der Waals surface area contributed by atoms with Crippen molar-refractivity contribution in [2.24, 2.45) is 11.3 Å². The number of benzene rings is 1. The van der Waals surface area contributed by atoms with Crippen molar-refractivity contribution in [3.8, 4) is 0 Å². The molecular weight excluding hydrogens is 296 g/mol. The molecule has 0 bridgehead atoms. The van der Waals surface area contributed by atoms with Crippen LogP contribution in [0.2, 0.25) is 0 Å². The van der Waals surface area contributed by atoms with Crippen molar-refractivity contribution < 1.29 is 0 Å². The molecule has 2 atom stereocenters. The van der Waals surface area contributed by atoms with Gasteiger partial charge in [0.25, 0.3) is 0 Å². The second-order valence-electron chi connectivity index (χ2n) is 7.84. The van der Waals surface area contributed by atoms with Crippen LogP contribution < -0.4 is 0 Å². The van der Waals surface area contributed by atoms with Gasteiger partial charge in [0.2, 0.25) is 0 Å². The lowest BCUT2D eigenvalue weighted by atomic mass is 9.78. The Morgan fingerprint density at radius 2 is 1.42 bits per heavy atom. The summed E-state index contributed by atoms with van der Waals surface area (Å²) < 4.78 is 0. The Balaban J connectivity index is 2.76. The van der Waals surface area contributed by atoms with Gasteiger partial charge >= 0.3 is 0 Å². The van der Waals surface area contributed by atoms with Crippen LogP contribution in [0.5, 0.6) is 0 Å². The highest BCUT2D eigenvalue weighted by atomic mass is 79.9. The largest absolute Gasteiger partial charge is 0.0839 e. The molecule has 1 aromatic carbocycles. The zero-order valence-corrected chi connectivity index (χ0v) is 15.1.